The van der Waals surface area contributed by atoms with Crippen LogP contribution in [0.25, 0.3) is 0 Å². The Bertz CT molecular complexity index is 426. The molecule has 0 aromatic heterocycles. The molecule has 0 aliphatic rings. The molecule has 18 heavy (non-hydrogen) atoms. The third-order valence-corrected chi connectivity index (χ3v) is 3.54. The molecule has 0 saturated carbocycles. The van der Waals surface area contributed by atoms with E-state index >= 15 is 0 Å². The highest BCUT2D eigenvalue weighted by Crippen LogP contribution is 2.11. The number of nitrogens with one attached hydrogen (secondary N) is 1. The van der Waals surface area contributed by atoms with Gasteiger partial charge < -0.3 is 10.1 Å². The molecule has 1 atom stereocenters. The Hall–Kier alpha value is -1.27. The van der Waals surface area contributed by atoms with Crippen molar-refractivity contribution in [2.24, 2.45) is 0 Å². The van der Waals surface area contributed by atoms with Crippen molar-refractivity contribution in [3.63, 3.8) is 0 Å². The lowest BCUT2D eigenvalue weighted by Crippen LogP contribution is -2.29. The number of hydrogen-bond acceptors (Lipinski definition) is 3. The van der Waals surface area contributed by atoms with E-state index in [1.165, 1.54) is 18.2 Å². The number of carbonyl (C=O) groups excluding carboxylic acids is 1. The molecule has 0 saturated heterocycles. The van der Waals surface area contributed by atoms with Crippen molar-refractivity contribution in [1.29, 1.82) is 0 Å². The van der Waals surface area contributed by atoms with Crippen molar-refractivity contribution in [3.05, 3.63) is 30.1 Å². The van der Waals surface area contributed by atoms with Crippen LogP contribution >= 0.6 is 0 Å². The van der Waals surface area contributed by atoms with Crippen LogP contribution in [0.5, 0.6) is 0 Å². The van der Waals surface area contributed by atoms with Gasteiger partial charge >= 0.3 is 0 Å². The van der Waals surface area contributed by atoms with Gasteiger partial charge in [-0.05, 0) is 18.6 Å². The van der Waals surface area contributed by atoms with Crippen LogP contribution in [0.3, 0.4) is 0 Å². The van der Waals surface area contributed by atoms with Gasteiger partial charge in [-0.1, -0.05) is 12.1 Å². The SMILES string of the molecule is COCCCNC(=O)CS(=O)c1ccccc1F. The Balaban J connectivity index is 2.41. The molecule has 6 heteroatoms. The van der Waals surface area contributed by atoms with Gasteiger partial charge in [0, 0.05) is 20.3 Å². The smallest absolute Gasteiger partial charge is 0.233 e. The van der Waals surface area contributed by atoms with Gasteiger partial charge in [0.1, 0.15) is 11.6 Å². The third-order valence-electron chi connectivity index (χ3n) is 2.19. The second-order valence-electron chi connectivity index (χ2n) is 3.62. The standard InChI is InChI=1S/C12H16FNO3S/c1-17-8-4-7-14-12(15)9-18(16)11-6-3-2-5-10(11)13/h2-3,5-6H,4,7-9H2,1H3,(H,14,15). The van der Waals surface area contributed by atoms with Crippen molar-refractivity contribution in [2.75, 3.05) is 26.0 Å². The van der Waals surface area contributed by atoms with E-state index in [1.54, 1.807) is 13.2 Å². The molecule has 0 fully saturated rings. The number of halogens is 1. The lowest BCUT2D eigenvalue weighted by atomic mass is 10.3. The van der Waals surface area contributed by atoms with Gasteiger partial charge in [0.15, 0.2) is 0 Å². The van der Waals surface area contributed by atoms with Gasteiger partial charge in [-0.15, -0.1) is 0 Å². The first-order valence-electron chi connectivity index (χ1n) is 5.53. The van der Waals surface area contributed by atoms with Crippen LogP contribution < -0.4 is 5.32 Å². The second-order valence-corrected chi connectivity index (χ2v) is 5.04. The van der Waals surface area contributed by atoms with Crippen LogP contribution in [0, 0.1) is 5.82 Å². The molecule has 0 heterocycles. The summed E-state index contributed by atoms with van der Waals surface area (Å²) in [5.74, 6) is -1.14. The van der Waals surface area contributed by atoms with Crippen LogP contribution in [0.2, 0.25) is 0 Å². The molecule has 4 nitrogen and oxygen atoms in total. The number of carbonyl (C=O) groups is 1. The fourth-order valence-corrected chi connectivity index (χ4v) is 2.33. The van der Waals surface area contributed by atoms with E-state index in [0.717, 1.165) is 0 Å². The Kier molecular flexibility index (Phi) is 6.53. The molecule has 100 valence electrons. The highest BCUT2D eigenvalue weighted by molar-refractivity contribution is 7.85. The summed E-state index contributed by atoms with van der Waals surface area (Å²) in [6.45, 7) is 1.01. The average Bonchev–Trinajstić information content (AvgIpc) is 2.35. The molecular weight excluding hydrogens is 257 g/mol. The first kappa shape index (κ1) is 14.8. The van der Waals surface area contributed by atoms with Crippen LogP contribution in [-0.4, -0.2) is 36.1 Å². The second kappa shape index (κ2) is 7.94. The molecule has 1 N–H and O–H groups in total. The largest absolute Gasteiger partial charge is 0.385 e. The van der Waals surface area contributed by atoms with Crippen molar-refractivity contribution < 1.29 is 18.1 Å². The minimum absolute atomic E-state index is 0.0598. The molecule has 0 radical (unpaired) electrons. The quantitative estimate of drug-likeness (QED) is 0.757. The van der Waals surface area contributed by atoms with Gasteiger partial charge in [-0.2, -0.15) is 0 Å². The van der Waals surface area contributed by atoms with Crippen LogP contribution in [0.4, 0.5) is 4.39 Å². The third kappa shape index (κ3) is 4.93. The lowest BCUT2D eigenvalue weighted by Gasteiger charge is -2.05. The normalized spacial score (nSPS) is 12.1. The Morgan fingerprint density at radius 3 is 2.83 bits per heavy atom. The summed E-state index contributed by atoms with van der Waals surface area (Å²) in [5.41, 5.74) is 0. The van der Waals surface area contributed by atoms with E-state index in [2.05, 4.69) is 5.32 Å². The Morgan fingerprint density at radius 1 is 1.44 bits per heavy atom. The highest BCUT2D eigenvalue weighted by Gasteiger charge is 2.13. The first-order valence-corrected chi connectivity index (χ1v) is 6.85. The fourth-order valence-electron chi connectivity index (χ4n) is 1.32. The summed E-state index contributed by atoms with van der Waals surface area (Å²) in [7, 11) is -0.0721. The zero-order valence-electron chi connectivity index (χ0n) is 10.1. The molecule has 0 bridgehead atoms. The van der Waals surface area contributed by atoms with E-state index in [4.69, 9.17) is 4.74 Å². The van der Waals surface area contributed by atoms with E-state index in [9.17, 15) is 13.4 Å². The Labute approximate surface area is 108 Å². The molecule has 0 spiro atoms. The molecule has 1 rings (SSSR count). The van der Waals surface area contributed by atoms with E-state index in [0.29, 0.717) is 19.6 Å². The number of hydrogen-bond donors (Lipinski definition) is 1. The maximum atomic E-state index is 13.3. The first-order chi connectivity index (χ1) is 8.65. The van der Waals surface area contributed by atoms with Gasteiger partial charge in [0.25, 0.3) is 0 Å². The van der Waals surface area contributed by atoms with Gasteiger partial charge in [-0.25, -0.2) is 4.39 Å². The van der Waals surface area contributed by atoms with Crippen molar-refractivity contribution in [1.82, 2.24) is 5.32 Å². The molecule has 1 aromatic rings. The number of amides is 1. The highest BCUT2D eigenvalue weighted by atomic mass is 32.2. The van der Waals surface area contributed by atoms with E-state index in [-0.39, 0.29) is 16.6 Å². The molecular formula is C12H16FNO3S. The molecule has 0 aliphatic heterocycles. The van der Waals surface area contributed by atoms with Crippen molar-refractivity contribution in [2.45, 2.75) is 11.3 Å². The molecule has 1 amide bonds. The summed E-state index contributed by atoms with van der Waals surface area (Å²) in [6, 6.07) is 5.75. The van der Waals surface area contributed by atoms with Gasteiger partial charge in [-0.3, -0.25) is 9.00 Å². The minimum atomic E-state index is -1.65. The zero-order chi connectivity index (χ0) is 13.4. The molecule has 1 unspecified atom stereocenters. The van der Waals surface area contributed by atoms with Crippen LogP contribution in [-0.2, 0) is 20.3 Å². The maximum Gasteiger partial charge on any atom is 0.233 e. The Morgan fingerprint density at radius 2 is 2.17 bits per heavy atom. The molecule has 1 aromatic carbocycles. The lowest BCUT2D eigenvalue weighted by molar-refractivity contribution is -0.118. The average molecular weight is 273 g/mol. The minimum Gasteiger partial charge on any atom is -0.385 e. The van der Waals surface area contributed by atoms with Crippen molar-refractivity contribution >= 4 is 16.7 Å². The number of benzene rings is 1. The monoisotopic (exact) mass is 273 g/mol. The van der Waals surface area contributed by atoms with Gasteiger partial charge in [0.2, 0.25) is 5.91 Å². The maximum absolute atomic E-state index is 13.3. The topological polar surface area (TPSA) is 55.4 Å². The number of ether oxygens (including phenoxy) is 1. The summed E-state index contributed by atoms with van der Waals surface area (Å²) < 4.78 is 29.9. The summed E-state index contributed by atoms with van der Waals surface area (Å²) in [4.78, 5) is 11.5. The fraction of sp³-hybridized carbons (Fsp3) is 0.417. The summed E-state index contributed by atoms with van der Waals surface area (Å²) in [6.07, 6.45) is 0.689. The van der Waals surface area contributed by atoms with E-state index < -0.39 is 16.6 Å². The zero-order valence-corrected chi connectivity index (χ0v) is 11.0. The summed E-state index contributed by atoms with van der Waals surface area (Å²) >= 11 is 0. The molecule has 0 aliphatic carbocycles. The van der Waals surface area contributed by atoms with Crippen LogP contribution in [0.1, 0.15) is 6.42 Å². The summed E-state index contributed by atoms with van der Waals surface area (Å²) in [5, 5.41) is 2.60. The predicted molar refractivity (Wildman–Crippen MR) is 67.2 cm³/mol. The van der Waals surface area contributed by atoms with E-state index in [1.807, 2.05) is 0 Å². The van der Waals surface area contributed by atoms with Crippen molar-refractivity contribution in [3.8, 4) is 0 Å². The van der Waals surface area contributed by atoms with Crippen LogP contribution in [0.15, 0.2) is 29.2 Å². The number of rotatable bonds is 7. The van der Waals surface area contributed by atoms with Gasteiger partial charge in [0.05, 0.1) is 15.7 Å². The predicted octanol–water partition coefficient (Wildman–Crippen LogP) is 1.09. The number of methoxy groups -OCH3 is 1.